The van der Waals surface area contributed by atoms with Crippen LogP contribution in [0.1, 0.15) is 25.0 Å². The summed E-state index contributed by atoms with van der Waals surface area (Å²) in [5.41, 5.74) is 2.96. The fourth-order valence-corrected chi connectivity index (χ4v) is 3.58. The molecule has 0 atom stereocenters. The molecule has 2 aromatic rings. The predicted molar refractivity (Wildman–Crippen MR) is 82.4 cm³/mol. The molecule has 2 rings (SSSR count). The van der Waals surface area contributed by atoms with Gasteiger partial charge in [-0.3, -0.25) is 4.99 Å². The number of rotatable bonds is 1. The first-order valence-corrected chi connectivity index (χ1v) is 7.14. The van der Waals surface area contributed by atoms with E-state index >= 15 is 0 Å². The zero-order valence-electron chi connectivity index (χ0n) is 10.2. The first kappa shape index (κ1) is 12.6. The molecule has 0 radical (unpaired) electrons. The number of hydrogen-bond acceptors (Lipinski definition) is 3. The lowest BCUT2D eigenvalue weighted by Crippen LogP contribution is -1.70. The summed E-state index contributed by atoms with van der Waals surface area (Å²) in [7, 11) is 0. The number of fused-ring (bicyclic) bond motifs is 1. The van der Waals surface area contributed by atoms with E-state index in [1.165, 1.54) is 9.40 Å². The van der Waals surface area contributed by atoms with Crippen molar-refractivity contribution in [3.05, 3.63) is 33.7 Å². The maximum Gasteiger partial charge on any atom is 0.0620 e. The van der Waals surface area contributed by atoms with Crippen LogP contribution in [0, 0.1) is 24.2 Å². The fraction of sp³-hybridized carbons (Fsp3) is 0.133. The Morgan fingerprint density at radius 1 is 1.28 bits per heavy atom. The summed E-state index contributed by atoms with van der Waals surface area (Å²) in [6.45, 7) is 3.83. The summed E-state index contributed by atoms with van der Waals surface area (Å²) in [4.78, 5) is 4.04. The molecule has 0 aliphatic rings. The molecule has 2 aromatic heterocycles. The smallest absolute Gasteiger partial charge is 0.0620 e. The fourth-order valence-electron chi connectivity index (χ4n) is 1.39. The Labute approximate surface area is 115 Å². The van der Waals surface area contributed by atoms with Gasteiger partial charge in [0.15, 0.2) is 0 Å². The van der Waals surface area contributed by atoms with Gasteiger partial charge in [0.25, 0.3) is 0 Å². The Bertz CT molecular complexity index is 724. The SMILES string of the molecule is C#Cc1csc2c(C#C/C(C)=C/N=CC)csc12. The Morgan fingerprint density at radius 3 is 2.61 bits per heavy atom. The van der Waals surface area contributed by atoms with E-state index in [1.54, 1.807) is 35.1 Å². The van der Waals surface area contributed by atoms with Crippen molar-refractivity contribution >= 4 is 38.3 Å². The summed E-state index contributed by atoms with van der Waals surface area (Å²) in [6.07, 6.45) is 8.95. The van der Waals surface area contributed by atoms with Gasteiger partial charge >= 0.3 is 0 Å². The Balaban J connectivity index is 2.37. The first-order valence-electron chi connectivity index (χ1n) is 5.38. The number of aliphatic imine (C=N–C) groups is 1. The lowest BCUT2D eigenvalue weighted by Gasteiger charge is -1.83. The molecule has 0 aromatic carbocycles. The third-order valence-corrected chi connectivity index (χ3v) is 4.41. The average molecular weight is 269 g/mol. The molecule has 0 fully saturated rings. The topological polar surface area (TPSA) is 12.4 Å². The average Bonchev–Trinajstić information content (AvgIpc) is 2.95. The highest BCUT2D eigenvalue weighted by atomic mass is 32.1. The van der Waals surface area contributed by atoms with Gasteiger partial charge in [0.2, 0.25) is 0 Å². The minimum absolute atomic E-state index is 0.946. The largest absolute Gasteiger partial charge is 0.268 e. The molecule has 0 aliphatic carbocycles. The maximum absolute atomic E-state index is 5.45. The predicted octanol–water partition coefficient (Wildman–Crippen LogP) is 4.29. The second-order valence-corrected chi connectivity index (χ2v) is 5.33. The van der Waals surface area contributed by atoms with Crippen LogP contribution in [0.4, 0.5) is 0 Å². The summed E-state index contributed by atoms with van der Waals surface area (Å²) in [6, 6.07) is 0. The van der Waals surface area contributed by atoms with E-state index < -0.39 is 0 Å². The quantitative estimate of drug-likeness (QED) is 0.541. The molecule has 3 heteroatoms. The highest BCUT2D eigenvalue weighted by Crippen LogP contribution is 2.33. The van der Waals surface area contributed by atoms with Crippen molar-refractivity contribution < 1.29 is 0 Å². The Hall–Kier alpha value is -1.81. The van der Waals surface area contributed by atoms with Gasteiger partial charge in [0.1, 0.15) is 0 Å². The van der Waals surface area contributed by atoms with Gasteiger partial charge in [0, 0.05) is 28.7 Å². The molecule has 18 heavy (non-hydrogen) atoms. The molecule has 0 amide bonds. The normalized spacial score (nSPS) is 11.5. The lowest BCUT2D eigenvalue weighted by molar-refractivity contribution is 1.46. The van der Waals surface area contributed by atoms with E-state index in [4.69, 9.17) is 6.42 Å². The molecular formula is C15H11NS2. The Kier molecular flexibility index (Phi) is 3.99. The monoisotopic (exact) mass is 269 g/mol. The summed E-state index contributed by atoms with van der Waals surface area (Å²) in [5, 5.41) is 4.07. The van der Waals surface area contributed by atoms with Crippen molar-refractivity contribution in [2.45, 2.75) is 13.8 Å². The van der Waals surface area contributed by atoms with E-state index in [0.717, 1.165) is 16.7 Å². The van der Waals surface area contributed by atoms with Gasteiger partial charge in [-0.25, -0.2) is 0 Å². The third kappa shape index (κ3) is 2.54. The Morgan fingerprint density at radius 2 is 1.94 bits per heavy atom. The van der Waals surface area contributed by atoms with Crippen LogP contribution >= 0.6 is 22.7 Å². The van der Waals surface area contributed by atoms with Crippen molar-refractivity contribution in [3.8, 4) is 24.2 Å². The van der Waals surface area contributed by atoms with Crippen molar-refractivity contribution in [1.82, 2.24) is 0 Å². The molecule has 0 saturated carbocycles. The van der Waals surface area contributed by atoms with E-state index in [0.29, 0.717) is 0 Å². The summed E-state index contributed by atoms with van der Waals surface area (Å²) in [5.74, 6) is 8.97. The standard InChI is InChI=1S/C15H11NS2/c1-4-12-9-17-15-13(10-18-14(12)15)7-6-11(3)8-16-5-2/h1,5,8-10H,2-3H3/b11-8+,16-5?. The maximum atomic E-state index is 5.45. The van der Waals surface area contributed by atoms with Crippen molar-refractivity contribution in [3.63, 3.8) is 0 Å². The number of terminal acetylenes is 1. The molecule has 1 nitrogen and oxygen atoms in total. The van der Waals surface area contributed by atoms with Crippen LogP contribution in [0.25, 0.3) is 9.40 Å². The van der Waals surface area contributed by atoms with Crippen LogP contribution in [-0.4, -0.2) is 6.21 Å². The number of thiophene rings is 2. The molecule has 0 saturated heterocycles. The van der Waals surface area contributed by atoms with Gasteiger partial charge in [0.05, 0.1) is 20.5 Å². The number of nitrogens with zero attached hydrogens (tertiary/aromatic N) is 1. The van der Waals surface area contributed by atoms with E-state index in [2.05, 4.69) is 28.1 Å². The van der Waals surface area contributed by atoms with Gasteiger partial charge < -0.3 is 0 Å². The van der Waals surface area contributed by atoms with Crippen molar-refractivity contribution in [2.24, 2.45) is 4.99 Å². The first-order chi connectivity index (χ1) is 8.76. The number of hydrogen-bond donors (Lipinski definition) is 0. The minimum atomic E-state index is 0.946. The zero-order chi connectivity index (χ0) is 13.0. The van der Waals surface area contributed by atoms with Crippen LogP contribution in [0.2, 0.25) is 0 Å². The van der Waals surface area contributed by atoms with E-state index in [1.807, 2.05) is 19.2 Å². The zero-order valence-corrected chi connectivity index (χ0v) is 11.8. The third-order valence-electron chi connectivity index (χ3n) is 2.25. The lowest BCUT2D eigenvalue weighted by atomic mass is 10.2. The van der Waals surface area contributed by atoms with Crippen molar-refractivity contribution in [1.29, 1.82) is 0 Å². The van der Waals surface area contributed by atoms with Crippen LogP contribution in [0.5, 0.6) is 0 Å². The molecule has 2 heterocycles. The highest BCUT2D eigenvalue weighted by molar-refractivity contribution is 7.26. The molecule has 0 N–H and O–H groups in total. The molecule has 0 bridgehead atoms. The number of allylic oxidation sites excluding steroid dienone is 1. The van der Waals surface area contributed by atoms with Crippen LogP contribution < -0.4 is 0 Å². The molecular weight excluding hydrogens is 258 g/mol. The van der Waals surface area contributed by atoms with Crippen molar-refractivity contribution in [2.75, 3.05) is 0 Å². The molecule has 0 spiro atoms. The summed E-state index contributed by atoms with van der Waals surface area (Å²) >= 11 is 3.32. The highest BCUT2D eigenvalue weighted by Gasteiger charge is 2.07. The second-order valence-electron chi connectivity index (χ2n) is 3.57. The molecule has 88 valence electrons. The second kappa shape index (κ2) is 5.69. The van der Waals surface area contributed by atoms with Gasteiger partial charge in [-0.05, 0) is 13.8 Å². The van der Waals surface area contributed by atoms with E-state index in [-0.39, 0.29) is 0 Å². The summed E-state index contributed by atoms with van der Waals surface area (Å²) < 4.78 is 2.35. The van der Waals surface area contributed by atoms with Gasteiger partial charge in [-0.1, -0.05) is 17.8 Å². The minimum Gasteiger partial charge on any atom is -0.268 e. The molecule has 0 aliphatic heterocycles. The van der Waals surface area contributed by atoms with Gasteiger partial charge in [-0.15, -0.1) is 29.1 Å². The van der Waals surface area contributed by atoms with Crippen LogP contribution in [0.3, 0.4) is 0 Å². The van der Waals surface area contributed by atoms with Crippen LogP contribution in [-0.2, 0) is 0 Å². The van der Waals surface area contributed by atoms with Gasteiger partial charge in [-0.2, -0.15) is 0 Å². The van der Waals surface area contributed by atoms with E-state index in [9.17, 15) is 0 Å². The molecule has 0 unspecified atom stereocenters. The van der Waals surface area contributed by atoms with Crippen LogP contribution in [0.15, 0.2) is 27.5 Å².